The fourth-order valence-electron chi connectivity index (χ4n) is 3.58. The molecule has 0 atom stereocenters. The van der Waals surface area contributed by atoms with Gasteiger partial charge in [-0.2, -0.15) is 17.9 Å². The Bertz CT molecular complexity index is 1460. The van der Waals surface area contributed by atoms with Gasteiger partial charge < -0.3 is 15.4 Å². The van der Waals surface area contributed by atoms with Gasteiger partial charge in [0.05, 0.1) is 16.2 Å². The predicted octanol–water partition coefficient (Wildman–Crippen LogP) is 4.76. The molecule has 178 valence electrons. The summed E-state index contributed by atoms with van der Waals surface area (Å²) in [6, 6.07) is 11.5. The van der Waals surface area contributed by atoms with Crippen LogP contribution in [0.5, 0.6) is 11.5 Å². The molecule has 9 nitrogen and oxygen atoms in total. The Kier molecular flexibility index (Phi) is 5.73. The Morgan fingerprint density at radius 2 is 1.71 bits per heavy atom. The van der Waals surface area contributed by atoms with Crippen molar-refractivity contribution < 1.29 is 33.0 Å². The minimum Gasteiger partial charge on any atom is -0.618 e. The van der Waals surface area contributed by atoms with Crippen molar-refractivity contribution in [2.45, 2.75) is 13.1 Å². The van der Waals surface area contributed by atoms with Crippen LogP contribution in [0.15, 0.2) is 60.8 Å². The molecule has 0 aliphatic carbocycles. The lowest BCUT2D eigenvalue weighted by Crippen LogP contribution is -2.35. The first kappa shape index (κ1) is 23.4. The van der Waals surface area contributed by atoms with Gasteiger partial charge in [0.15, 0.2) is 17.3 Å². The van der Waals surface area contributed by atoms with Crippen molar-refractivity contribution >= 4 is 5.69 Å². The van der Waals surface area contributed by atoms with Gasteiger partial charge in [0, 0.05) is 36.4 Å². The Balaban J connectivity index is 2.03. The highest BCUT2D eigenvalue weighted by Gasteiger charge is 2.40. The Morgan fingerprint density at radius 1 is 1.03 bits per heavy atom. The molecule has 2 N–H and O–H groups in total. The molecule has 0 amide bonds. The van der Waals surface area contributed by atoms with Crippen LogP contribution in [0.1, 0.15) is 11.3 Å². The zero-order valence-electron chi connectivity index (χ0n) is 17.8. The average Bonchev–Trinajstić information content (AvgIpc) is 2.81. The summed E-state index contributed by atoms with van der Waals surface area (Å²) in [6.07, 6.45) is -3.75. The molecule has 0 saturated carbocycles. The molecule has 2 heterocycles. The molecule has 0 saturated heterocycles. The van der Waals surface area contributed by atoms with Crippen LogP contribution < -0.4 is 4.73 Å². The zero-order valence-corrected chi connectivity index (χ0v) is 17.8. The minimum absolute atomic E-state index is 0.0624. The second kappa shape index (κ2) is 8.56. The fourth-order valence-corrected chi connectivity index (χ4v) is 3.58. The molecule has 0 spiro atoms. The monoisotopic (exact) mass is 484 g/mol. The zero-order chi connectivity index (χ0) is 25.5. The maximum Gasteiger partial charge on any atom is 0.417 e. The van der Waals surface area contributed by atoms with Crippen LogP contribution in [0, 0.1) is 22.2 Å². The van der Waals surface area contributed by atoms with Gasteiger partial charge in [0.2, 0.25) is 11.4 Å². The number of phenols is 2. The number of nitro groups is 1. The summed E-state index contributed by atoms with van der Waals surface area (Å²) < 4.78 is 42.7. The summed E-state index contributed by atoms with van der Waals surface area (Å²) in [7, 11) is 0. The van der Waals surface area contributed by atoms with Gasteiger partial charge in [-0.3, -0.25) is 10.1 Å². The number of aromatic nitrogens is 3. The maximum atomic E-state index is 14.1. The van der Waals surface area contributed by atoms with E-state index in [-0.39, 0.29) is 28.2 Å². The number of hydrogen-bond acceptors (Lipinski definition) is 7. The molecular formula is C23H15F3N4O5. The molecule has 0 unspecified atom stereocenters. The molecule has 2 aromatic heterocycles. The second-order valence-electron chi connectivity index (χ2n) is 7.47. The number of alkyl halides is 3. The number of nitro benzene ring substituents is 1. The highest BCUT2D eigenvalue weighted by molar-refractivity contribution is 5.80. The summed E-state index contributed by atoms with van der Waals surface area (Å²) in [5.41, 5.74) is -3.02. The van der Waals surface area contributed by atoms with Crippen LogP contribution in [0.4, 0.5) is 18.9 Å². The lowest BCUT2D eigenvalue weighted by molar-refractivity contribution is -0.600. The average molecular weight is 484 g/mol. The van der Waals surface area contributed by atoms with Crippen LogP contribution in [0.2, 0.25) is 0 Å². The van der Waals surface area contributed by atoms with Gasteiger partial charge in [-0.1, -0.05) is 18.2 Å². The standard InChI is InChI=1S/C23H15F3N4O5/c1-12-9-15(23(24,25)26)19(20(29(12)33)13-5-3-2-4-6-13)22-27-8-7-16(28-22)14-10-17(30(34)35)21(32)18(31)11-14/h2-11,31-32H,1H3. The van der Waals surface area contributed by atoms with Crippen LogP contribution in [0.3, 0.4) is 0 Å². The molecular weight excluding hydrogens is 469 g/mol. The van der Waals surface area contributed by atoms with Crippen molar-refractivity contribution in [3.8, 4) is 45.4 Å². The van der Waals surface area contributed by atoms with E-state index >= 15 is 0 Å². The summed E-state index contributed by atoms with van der Waals surface area (Å²) in [4.78, 5) is 18.4. The molecule has 0 fully saturated rings. The number of nitrogens with zero attached hydrogens (tertiary/aromatic N) is 4. The third-order valence-corrected chi connectivity index (χ3v) is 5.18. The third kappa shape index (κ3) is 4.28. The number of rotatable bonds is 4. The normalized spacial score (nSPS) is 11.4. The van der Waals surface area contributed by atoms with Crippen molar-refractivity contribution in [3.63, 3.8) is 0 Å². The number of halogens is 3. The van der Waals surface area contributed by atoms with Crippen molar-refractivity contribution in [2.24, 2.45) is 0 Å². The first-order valence-electron chi connectivity index (χ1n) is 9.93. The number of benzene rings is 2. The number of aryl methyl sites for hydroxylation is 1. The van der Waals surface area contributed by atoms with E-state index in [0.29, 0.717) is 10.8 Å². The van der Waals surface area contributed by atoms with E-state index in [4.69, 9.17) is 0 Å². The van der Waals surface area contributed by atoms with Gasteiger partial charge in [-0.15, -0.1) is 0 Å². The minimum atomic E-state index is -4.87. The maximum absolute atomic E-state index is 14.1. The summed E-state index contributed by atoms with van der Waals surface area (Å²) in [5.74, 6) is -2.25. The van der Waals surface area contributed by atoms with Gasteiger partial charge in [-0.05, 0) is 24.3 Å². The predicted molar refractivity (Wildman–Crippen MR) is 117 cm³/mol. The number of hydrogen-bond donors (Lipinski definition) is 2. The lowest BCUT2D eigenvalue weighted by atomic mass is 9.98. The Morgan fingerprint density at radius 3 is 2.34 bits per heavy atom. The lowest BCUT2D eigenvalue weighted by Gasteiger charge is -2.18. The van der Waals surface area contributed by atoms with Crippen LogP contribution in [-0.4, -0.2) is 25.1 Å². The van der Waals surface area contributed by atoms with E-state index in [0.717, 1.165) is 18.3 Å². The molecule has 0 aliphatic heterocycles. The molecule has 0 bridgehead atoms. The van der Waals surface area contributed by atoms with Crippen LogP contribution in [-0.2, 0) is 6.18 Å². The fraction of sp³-hybridized carbons (Fsp3) is 0.0870. The van der Waals surface area contributed by atoms with E-state index in [2.05, 4.69) is 9.97 Å². The summed E-state index contributed by atoms with van der Waals surface area (Å²) in [5, 5.41) is 43.8. The number of pyridine rings is 1. The molecule has 4 aromatic rings. The Labute approximate surface area is 195 Å². The topological polar surface area (TPSA) is 136 Å². The molecule has 2 aromatic carbocycles. The Hall–Kier alpha value is -4.74. The first-order chi connectivity index (χ1) is 16.5. The van der Waals surface area contributed by atoms with Gasteiger partial charge in [0.25, 0.3) is 0 Å². The van der Waals surface area contributed by atoms with Crippen molar-refractivity contribution in [3.05, 3.63) is 87.4 Å². The van der Waals surface area contributed by atoms with Gasteiger partial charge in [0.1, 0.15) is 5.56 Å². The number of aromatic hydroxyl groups is 2. The third-order valence-electron chi connectivity index (χ3n) is 5.18. The van der Waals surface area contributed by atoms with Gasteiger partial charge >= 0.3 is 11.9 Å². The SMILES string of the molecule is Cc1cc(C(F)(F)F)c(-c2nccc(-c3cc(O)c(O)c([N+](=O)[O-])c3)n2)c(-c2ccccc2)[n+]1[O-]. The molecule has 4 rings (SSSR count). The van der Waals surface area contributed by atoms with Crippen molar-refractivity contribution in [1.29, 1.82) is 0 Å². The van der Waals surface area contributed by atoms with Crippen molar-refractivity contribution in [1.82, 2.24) is 9.97 Å². The van der Waals surface area contributed by atoms with Crippen molar-refractivity contribution in [2.75, 3.05) is 0 Å². The number of phenolic OH excluding ortho intramolecular Hbond substituents is 2. The van der Waals surface area contributed by atoms with Gasteiger partial charge in [-0.25, -0.2) is 9.97 Å². The van der Waals surface area contributed by atoms with E-state index < -0.39 is 45.2 Å². The summed E-state index contributed by atoms with van der Waals surface area (Å²) in [6.45, 7) is 1.24. The van der Waals surface area contributed by atoms with E-state index in [1.54, 1.807) is 18.2 Å². The van der Waals surface area contributed by atoms with E-state index in [1.165, 1.54) is 25.1 Å². The van der Waals surface area contributed by atoms with Crippen LogP contribution in [0.25, 0.3) is 33.9 Å². The van der Waals surface area contributed by atoms with E-state index in [1.807, 2.05) is 0 Å². The summed E-state index contributed by atoms with van der Waals surface area (Å²) >= 11 is 0. The highest BCUT2D eigenvalue weighted by atomic mass is 19.4. The quantitative estimate of drug-likeness (QED) is 0.140. The largest absolute Gasteiger partial charge is 0.618 e. The van der Waals surface area contributed by atoms with E-state index in [9.17, 15) is 38.7 Å². The molecule has 12 heteroatoms. The van der Waals surface area contributed by atoms with Crippen LogP contribution >= 0.6 is 0 Å². The second-order valence-corrected chi connectivity index (χ2v) is 7.47. The molecule has 35 heavy (non-hydrogen) atoms. The molecule has 0 radical (unpaired) electrons. The first-order valence-corrected chi connectivity index (χ1v) is 9.93. The molecule has 0 aliphatic rings. The highest BCUT2D eigenvalue weighted by Crippen LogP contribution is 2.42. The smallest absolute Gasteiger partial charge is 0.417 e.